The summed E-state index contributed by atoms with van der Waals surface area (Å²) in [6.07, 6.45) is -5.03. The highest BCUT2D eigenvalue weighted by molar-refractivity contribution is 7.99. The van der Waals surface area contributed by atoms with Crippen molar-refractivity contribution in [3.63, 3.8) is 0 Å². The Balaban J connectivity index is 1.27. The SMILES string of the molecule is CC(=O)OCC1OC(CC(=S)NCc2ccc(C3OC(CSc4ccccn4)C(C)C(c4ccc(CO)cc4)O3)cc2)C(OC(C)=O)C(OC(C)=O)C1OC(C)=O. The minimum absolute atomic E-state index is 0.0179. The number of esters is 4. The lowest BCUT2D eigenvalue weighted by atomic mass is 9.91. The minimum Gasteiger partial charge on any atom is -0.463 e. The summed E-state index contributed by atoms with van der Waals surface area (Å²) in [4.78, 5) is 52.9. The van der Waals surface area contributed by atoms with Gasteiger partial charge in [-0.2, -0.15) is 0 Å². The van der Waals surface area contributed by atoms with Crippen LogP contribution in [0.5, 0.6) is 0 Å². The predicted octanol–water partition coefficient (Wildman–Crippen LogP) is 5.09. The second-order valence-corrected chi connectivity index (χ2v) is 15.3. The Bertz CT molecular complexity index is 1830. The Morgan fingerprint density at radius 1 is 0.754 bits per heavy atom. The summed E-state index contributed by atoms with van der Waals surface area (Å²) in [5, 5.41) is 13.7. The number of aliphatic hydroxyl groups is 1. The van der Waals surface area contributed by atoms with Crippen LogP contribution in [-0.4, -0.2) is 87.9 Å². The molecule has 57 heavy (non-hydrogen) atoms. The van der Waals surface area contributed by atoms with Gasteiger partial charge in [0.2, 0.25) is 0 Å². The van der Waals surface area contributed by atoms with Gasteiger partial charge in [0.25, 0.3) is 0 Å². The Labute approximate surface area is 341 Å². The van der Waals surface area contributed by atoms with Gasteiger partial charge in [0.05, 0.1) is 28.8 Å². The van der Waals surface area contributed by atoms with E-state index in [0.29, 0.717) is 17.3 Å². The number of ether oxygens (including phenoxy) is 7. The molecule has 14 nitrogen and oxygen atoms in total. The zero-order valence-corrected chi connectivity index (χ0v) is 34.0. The molecule has 2 aliphatic heterocycles. The number of benzene rings is 2. The number of nitrogens with zero attached hydrogens (tertiary/aromatic N) is 1. The maximum atomic E-state index is 12.2. The van der Waals surface area contributed by atoms with E-state index in [1.54, 1.807) is 18.0 Å². The third kappa shape index (κ3) is 12.5. The molecule has 2 aromatic carbocycles. The van der Waals surface area contributed by atoms with Gasteiger partial charge in [-0.25, -0.2) is 4.98 Å². The first-order valence-corrected chi connectivity index (χ1v) is 19.9. The number of carbonyl (C=O) groups is 4. The molecule has 3 heterocycles. The van der Waals surface area contributed by atoms with Crippen molar-refractivity contribution >= 4 is 52.8 Å². The van der Waals surface area contributed by atoms with Gasteiger partial charge in [-0.1, -0.05) is 73.7 Å². The molecular weight excluding hydrogens is 777 g/mol. The fourth-order valence-electron chi connectivity index (χ4n) is 6.64. The molecule has 1 aromatic heterocycles. The Morgan fingerprint density at radius 2 is 1.37 bits per heavy atom. The van der Waals surface area contributed by atoms with Gasteiger partial charge in [0, 0.05) is 64.1 Å². The number of carbonyl (C=O) groups excluding carboxylic acids is 4. The Kier molecular flexibility index (Phi) is 15.9. The first-order valence-electron chi connectivity index (χ1n) is 18.5. The second-order valence-electron chi connectivity index (χ2n) is 13.8. The smallest absolute Gasteiger partial charge is 0.303 e. The van der Waals surface area contributed by atoms with Crippen LogP contribution in [0.4, 0.5) is 0 Å². The number of hydrogen-bond acceptors (Lipinski definition) is 15. The van der Waals surface area contributed by atoms with Gasteiger partial charge in [-0.15, -0.1) is 11.8 Å². The van der Waals surface area contributed by atoms with Gasteiger partial charge < -0.3 is 43.6 Å². The Hall–Kier alpha value is -4.45. The van der Waals surface area contributed by atoms with Crippen molar-refractivity contribution in [2.24, 2.45) is 5.92 Å². The molecular formula is C41H48N2O12S2. The van der Waals surface area contributed by atoms with Gasteiger partial charge in [-0.3, -0.25) is 19.2 Å². The van der Waals surface area contributed by atoms with E-state index < -0.39 is 60.7 Å². The lowest BCUT2D eigenvalue weighted by Crippen LogP contribution is -2.62. The third-order valence-electron chi connectivity index (χ3n) is 9.37. The quantitative estimate of drug-likeness (QED) is 0.0896. The number of hydrogen-bond donors (Lipinski definition) is 2. The Morgan fingerprint density at radius 3 is 1.96 bits per heavy atom. The maximum Gasteiger partial charge on any atom is 0.303 e. The molecule has 16 heteroatoms. The van der Waals surface area contributed by atoms with E-state index in [2.05, 4.69) is 17.2 Å². The van der Waals surface area contributed by atoms with Crippen LogP contribution in [0, 0.1) is 5.92 Å². The van der Waals surface area contributed by atoms with Crippen LogP contribution in [0.1, 0.15) is 75.7 Å². The lowest BCUT2D eigenvalue weighted by Gasteiger charge is -2.44. The van der Waals surface area contributed by atoms with Gasteiger partial charge in [-0.05, 0) is 28.8 Å². The summed E-state index contributed by atoms with van der Waals surface area (Å²) in [7, 11) is 0. The van der Waals surface area contributed by atoms with Crippen LogP contribution in [0.15, 0.2) is 78.0 Å². The molecule has 9 atom stereocenters. The van der Waals surface area contributed by atoms with E-state index in [0.717, 1.165) is 27.3 Å². The monoisotopic (exact) mass is 824 g/mol. The average molecular weight is 825 g/mol. The molecule has 5 rings (SSSR count). The molecule has 2 fully saturated rings. The molecule has 0 bridgehead atoms. The summed E-state index contributed by atoms with van der Waals surface area (Å²) < 4.78 is 41.1. The molecule has 0 saturated carbocycles. The van der Waals surface area contributed by atoms with E-state index in [-0.39, 0.29) is 37.8 Å². The summed E-state index contributed by atoms with van der Waals surface area (Å²) in [5.41, 5.74) is 3.53. The van der Waals surface area contributed by atoms with Crippen molar-refractivity contribution < 1.29 is 57.4 Å². The van der Waals surface area contributed by atoms with Crippen LogP contribution in [-0.2, 0) is 65.5 Å². The fourth-order valence-corrected chi connectivity index (χ4v) is 7.90. The van der Waals surface area contributed by atoms with Crippen molar-refractivity contribution in [2.45, 2.75) is 108 Å². The molecule has 306 valence electrons. The number of thiocarbonyl (C=S) groups is 1. The second kappa shape index (κ2) is 20.8. The van der Waals surface area contributed by atoms with E-state index in [4.69, 9.17) is 45.4 Å². The van der Waals surface area contributed by atoms with E-state index in [1.807, 2.05) is 66.7 Å². The van der Waals surface area contributed by atoms with Crippen molar-refractivity contribution in [1.29, 1.82) is 0 Å². The number of aliphatic hydroxyl groups excluding tert-OH is 1. The minimum atomic E-state index is -1.27. The normalized spacial score (nSPS) is 25.8. The summed E-state index contributed by atoms with van der Waals surface area (Å²) >= 11 is 7.31. The van der Waals surface area contributed by atoms with Crippen LogP contribution in [0.2, 0.25) is 0 Å². The number of aromatic nitrogens is 1. The number of rotatable bonds is 15. The first kappa shape index (κ1) is 43.7. The van der Waals surface area contributed by atoms with Crippen LogP contribution < -0.4 is 5.32 Å². The van der Waals surface area contributed by atoms with Crippen LogP contribution in [0.25, 0.3) is 0 Å². The molecule has 3 aromatic rings. The molecule has 2 saturated heterocycles. The lowest BCUT2D eigenvalue weighted by molar-refractivity contribution is -0.268. The first-order chi connectivity index (χ1) is 27.3. The maximum absolute atomic E-state index is 12.2. The number of nitrogens with one attached hydrogen (secondary N) is 1. The summed E-state index contributed by atoms with van der Waals surface area (Å²) in [6.45, 7) is 6.81. The average Bonchev–Trinajstić information content (AvgIpc) is 3.18. The highest BCUT2D eigenvalue weighted by Gasteiger charge is 2.52. The molecule has 0 radical (unpaired) electrons. The van der Waals surface area contributed by atoms with E-state index in [1.165, 1.54) is 27.7 Å². The topological polar surface area (TPSA) is 178 Å². The fraction of sp³-hybridized carbons (Fsp3) is 0.463. The molecule has 0 amide bonds. The molecule has 9 unspecified atom stereocenters. The van der Waals surface area contributed by atoms with Crippen molar-refractivity contribution in [3.8, 4) is 0 Å². The largest absolute Gasteiger partial charge is 0.463 e. The standard InChI is InChI=1S/C41H48N2O12S2/c1-23-34(22-57-36-8-6-7-17-42-36)54-41(55-37(23)30-13-11-29(20-44)12-14-30)31-15-9-28(10-16-31)19-43-35(56)18-32-38(50-25(3)46)40(52-27(5)48)39(51-26(4)47)33(53-32)21-49-24(2)45/h6-17,23,32-34,37-41,44H,18-22H2,1-5H3,(H,43,56). The van der Waals surface area contributed by atoms with Gasteiger partial charge in [0.15, 0.2) is 24.6 Å². The van der Waals surface area contributed by atoms with E-state index in [9.17, 15) is 24.3 Å². The molecule has 0 spiro atoms. The number of thioether (sulfide) groups is 1. The summed E-state index contributed by atoms with van der Waals surface area (Å²) in [5.74, 6) is -2.02. The molecule has 0 aliphatic carbocycles. The van der Waals surface area contributed by atoms with Crippen molar-refractivity contribution in [2.75, 3.05) is 12.4 Å². The summed E-state index contributed by atoms with van der Waals surface area (Å²) in [6, 6.07) is 21.3. The number of pyridine rings is 1. The highest BCUT2D eigenvalue weighted by Crippen LogP contribution is 2.43. The zero-order valence-electron chi connectivity index (χ0n) is 32.4. The van der Waals surface area contributed by atoms with Crippen molar-refractivity contribution in [3.05, 3.63) is 95.2 Å². The predicted molar refractivity (Wildman–Crippen MR) is 210 cm³/mol. The zero-order chi connectivity index (χ0) is 41.1. The van der Waals surface area contributed by atoms with E-state index >= 15 is 0 Å². The van der Waals surface area contributed by atoms with Gasteiger partial charge >= 0.3 is 23.9 Å². The highest BCUT2D eigenvalue weighted by atomic mass is 32.2. The molecule has 2 N–H and O–H groups in total. The van der Waals surface area contributed by atoms with Crippen LogP contribution in [0.3, 0.4) is 0 Å². The van der Waals surface area contributed by atoms with Crippen LogP contribution >= 0.6 is 24.0 Å². The van der Waals surface area contributed by atoms with Crippen molar-refractivity contribution in [1.82, 2.24) is 10.3 Å². The third-order valence-corrected chi connectivity index (χ3v) is 10.7. The molecule has 2 aliphatic rings. The van der Waals surface area contributed by atoms with Gasteiger partial charge in [0.1, 0.15) is 18.8 Å².